The summed E-state index contributed by atoms with van der Waals surface area (Å²) in [6.45, 7) is 0. The first-order chi connectivity index (χ1) is 9.91. The summed E-state index contributed by atoms with van der Waals surface area (Å²) in [5.74, 6) is -2.58. The van der Waals surface area contributed by atoms with Crippen LogP contribution in [0.25, 0.3) is 0 Å². The van der Waals surface area contributed by atoms with E-state index in [2.05, 4.69) is 0 Å². The number of hydrogen-bond acceptors (Lipinski definition) is 2. The zero-order valence-corrected chi connectivity index (χ0v) is 11.8. The molecule has 0 saturated heterocycles. The molecular formula is C15H11ClFNO3. The van der Waals surface area contributed by atoms with Crippen molar-refractivity contribution in [3.05, 3.63) is 64.4 Å². The molecular weight excluding hydrogens is 297 g/mol. The van der Waals surface area contributed by atoms with Crippen LogP contribution in [-0.4, -0.2) is 24.0 Å². The number of para-hydroxylation sites is 1. The van der Waals surface area contributed by atoms with Gasteiger partial charge in [-0.3, -0.25) is 4.79 Å². The van der Waals surface area contributed by atoms with Gasteiger partial charge in [-0.2, -0.15) is 0 Å². The number of aromatic carboxylic acids is 1. The number of rotatable bonds is 3. The zero-order valence-electron chi connectivity index (χ0n) is 11.0. The van der Waals surface area contributed by atoms with Crippen LogP contribution in [0, 0.1) is 5.82 Å². The topological polar surface area (TPSA) is 57.6 Å². The van der Waals surface area contributed by atoms with Gasteiger partial charge in [-0.1, -0.05) is 23.7 Å². The van der Waals surface area contributed by atoms with E-state index in [1.165, 1.54) is 31.3 Å². The van der Waals surface area contributed by atoms with Gasteiger partial charge in [-0.05, 0) is 30.3 Å². The second-order valence-corrected chi connectivity index (χ2v) is 4.75. The number of hydrogen-bond donors (Lipinski definition) is 1. The standard InChI is InChI=1S/C15H11ClFNO3/c1-18(13-5-3-2-4-11(13)15(20)21)14(19)10-7-6-9(16)8-12(10)17/h2-8H,1H3,(H,20,21). The van der Waals surface area contributed by atoms with Crippen LogP contribution in [0.1, 0.15) is 20.7 Å². The molecule has 0 aliphatic heterocycles. The maximum atomic E-state index is 13.8. The van der Waals surface area contributed by atoms with E-state index in [0.717, 1.165) is 11.0 Å². The third-order valence-electron chi connectivity index (χ3n) is 2.96. The maximum Gasteiger partial charge on any atom is 0.337 e. The van der Waals surface area contributed by atoms with Crippen LogP contribution < -0.4 is 4.90 Å². The predicted octanol–water partition coefficient (Wildman–Crippen LogP) is 3.45. The highest BCUT2D eigenvalue weighted by Crippen LogP contribution is 2.23. The maximum absolute atomic E-state index is 13.8. The van der Waals surface area contributed by atoms with Crippen LogP contribution >= 0.6 is 11.6 Å². The van der Waals surface area contributed by atoms with Gasteiger partial charge in [0.2, 0.25) is 0 Å². The van der Waals surface area contributed by atoms with Gasteiger partial charge >= 0.3 is 5.97 Å². The Labute approximate surface area is 125 Å². The van der Waals surface area contributed by atoms with Crippen LogP contribution in [0.2, 0.25) is 5.02 Å². The van der Waals surface area contributed by atoms with Gasteiger partial charge in [0.1, 0.15) is 5.82 Å². The van der Waals surface area contributed by atoms with Gasteiger partial charge < -0.3 is 10.0 Å². The van der Waals surface area contributed by atoms with E-state index < -0.39 is 17.7 Å². The lowest BCUT2D eigenvalue weighted by molar-refractivity contribution is 0.0697. The fourth-order valence-corrected chi connectivity index (χ4v) is 2.06. The number of nitrogens with zero attached hydrogens (tertiary/aromatic N) is 1. The van der Waals surface area contributed by atoms with Crippen molar-refractivity contribution in [2.24, 2.45) is 0 Å². The Morgan fingerprint density at radius 3 is 2.43 bits per heavy atom. The number of benzene rings is 2. The van der Waals surface area contributed by atoms with Crippen LogP contribution in [0.4, 0.5) is 10.1 Å². The SMILES string of the molecule is CN(C(=O)c1ccc(Cl)cc1F)c1ccccc1C(=O)O. The molecule has 0 saturated carbocycles. The van der Waals surface area contributed by atoms with Crippen molar-refractivity contribution in [1.29, 1.82) is 0 Å². The summed E-state index contributed by atoms with van der Waals surface area (Å²) in [7, 11) is 1.39. The minimum absolute atomic E-state index is 0.0391. The second kappa shape index (κ2) is 5.93. The van der Waals surface area contributed by atoms with Crippen LogP contribution in [0.3, 0.4) is 0 Å². The van der Waals surface area contributed by atoms with Gasteiger partial charge in [0.05, 0.1) is 16.8 Å². The molecule has 21 heavy (non-hydrogen) atoms. The first kappa shape index (κ1) is 15.0. The Morgan fingerprint density at radius 2 is 1.81 bits per heavy atom. The summed E-state index contributed by atoms with van der Waals surface area (Å²) < 4.78 is 13.8. The van der Waals surface area contributed by atoms with Crippen LogP contribution in [0.5, 0.6) is 0 Å². The third-order valence-corrected chi connectivity index (χ3v) is 3.20. The van der Waals surface area contributed by atoms with E-state index in [4.69, 9.17) is 16.7 Å². The molecule has 1 N–H and O–H groups in total. The van der Waals surface area contributed by atoms with Crippen molar-refractivity contribution in [1.82, 2.24) is 0 Å². The highest BCUT2D eigenvalue weighted by atomic mass is 35.5. The van der Waals surface area contributed by atoms with Crippen molar-refractivity contribution in [2.75, 3.05) is 11.9 Å². The van der Waals surface area contributed by atoms with Crippen molar-refractivity contribution in [2.45, 2.75) is 0 Å². The highest BCUT2D eigenvalue weighted by molar-refractivity contribution is 6.30. The lowest BCUT2D eigenvalue weighted by Crippen LogP contribution is -2.28. The van der Waals surface area contributed by atoms with E-state index in [1.54, 1.807) is 12.1 Å². The molecule has 6 heteroatoms. The molecule has 108 valence electrons. The molecule has 0 radical (unpaired) electrons. The number of carboxylic acids is 1. The van der Waals surface area contributed by atoms with Gasteiger partial charge in [-0.25, -0.2) is 9.18 Å². The number of carboxylic acid groups (broad SMARTS) is 1. The summed E-state index contributed by atoms with van der Waals surface area (Å²) in [5, 5.41) is 9.31. The fraction of sp³-hybridized carbons (Fsp3) is 0.0667. The lowest BCUT2D eigenvalue weighted by atomic mass is 10.1. The molecule has 0 bridgehead atoms. The molecule has 2 aromatic carbocycles. The third kappa shape index (κ3) is 3.03. The van der Waals surface area contributed by atoms with Gasteiger partial charge in [-0.15, -0.1) is 0 Å². The highest BCUT2D eigenvalue weighted by Gasteiger charge is 2.21. The Balaban J connectivity index is 2.42. The Kier molecular flexibility index (Phi) is 4.23. The second-order valence-electron chi connectivity index (χ2n) is 4.31. The summed E-state index contributed by atoms with van der Waals surface area (Å²) in [6.07, 6.45) is 0. The Bertz CT molecular complexity index is 718. The molecule has 0 fully saturated rings. The van der Waals surface area contributed by atoms with Crippen molar-refractivity contribution in [3.63, 3.8) is 0 Å². The van der Waals surface area contributed by atoms with E-state index in [0.29, 0.717) is 0 Å². The molecule has 0 atom stereocenters. The zero-order chi connectivity index (χ0) is 15.6. The average Bonchev–Trinajstić information content (AvgIpc) is 2.45. The van der Waals surface area contributed by atoms with Crippen molar-refractivity contribution < 1.29 is 19.1 Å². The molecule has 2 rings (SSSR count). The van der Waals surface area contributed by atoms with E-state index in [1.807, 2.05) is 0 Å². The lowest BCUT2D eigenvalue weighted by Gasteiger charge is -2.19. The number of amides is 1. The minimum atomic E-state index is -1.16. The molecule has 0 aliphatic carbocycles. The predicted molar refractivity (Wildman–Crippen MR) is 77.5 cm³/mol. The van der Waals surface area contributed by atoms with E-state index >= 15 is 0 Å². The molecule has 4 nitrogen and oxygen atoms in total. The van der Waals surface area contributed by atoms with Gasteiger partial charge in [0.15, 0.2) is 0 Å². The first-order valence-electron chi connectivity index (χ1n) is 5.97. The summed E-state index contributed by atoms with van der Waals surface area (Å²) in [6, 6.07) is 9.70. The normalized spacial score (nSPS) is 10.2. The van der Waals surface area contributed by atoms with Crippen LogP contribution in [0.15, 0.2) is 42.5 Å². The molecule has 1 amide bonds. The van der Waals surface area contributed by atoms with E-state index in [-0.39, 0.29) is 21.8 Å². The largest absolute Gasteiger partial charge is 0.478 e. The molecule has 0 spiro atoms. The van der Waals surface area contributed by atoms with E-state index in [9.17, 15) is 14.0 Å². The van der Waals surface area contributed by atoms with Crippen LogP contribution in [-0.2, 0) is 0 Å². The summed E-state index contributed by atoms with van der Waals surface area (Å²) in [4.78, 5) is 24.6. The van der Waals surface area contributed by atoms with Crippen molar-refractivity contribution >= 4 is 29.2 Å². The fourth-order valence-electron chi connectivity index (χ4n) is 1.90. The van der Waals surface area contributed by atoms with Gasteiger partial charge in [0.25, 0.3) is 5.91 Å². The first-order valence-corrected chi connectivity index (χ1v) is 6.35. The number of carbonyl (C=O) groups is 2. The van der Waals surface area contributed by atoms with Crippen molar-refractivity contribution in [3.8, 4) is 0 Å². The minimum Gasteiger partial charge on any atom is -0.478 e. The molecule has 0 aromatic heterocycles. The molecule has 0 unspecified atom stereocenters. The molecule has 0 aliphatic rings. The molecule has 0 heterocycles. The Morgan fingerprint density at radius 1 is 1.14 bits per heavy atom. The number of halogens is 2. The number of carbonyl (C=O) groups excluding carboxylic acids is 1. The monoisotopic (exact) mass is 307 g/mol. The summed E-state index contributed by atoms with van der Waals surface area (Å²) in [5.41, 5.74) is -0.0332. The average molecular weight is 308 g/mol. The quantitative estimate of drug-likeness (QED) is 0.945. The Hall–Kier alpha value is -2.40. The molecule has 2 aromatic rings. The smallest absolute Gasteiger partial charge is 0.337 e. The van der Waals surface area contributed by atoms with Gasteiger partial charge in [0, 0.05) is 12.1 Å². The number of anilines is 1. The summed E-state index contributed by atoms with van der Waals surface area (Å²) >= 11 is 5.64.